The lowest BCUT2D eigenvalue weighted by Gasteiger charge is -2.21. The summed E-state index contributed by atoms with van der Waals surface area (Å²) in [4.78, 5) is 18.8. The number of benzene rings is 1. The Balaban J connectivity index is 1.62. The molecule has 1 saturated heterocycles. The van der Waals surface area contributed by atoms with Crippen LogP contribution in [-0.2, 0) is 11.2 Å². The van der Waals surface area contributed by atoms with Gasteiger partial charge in [-0.15, -0.1) is 0 Å². The Labute approximate surface area is 135 Å². The lowest BCUT2D eigenvalue weighted by Crippen LogP contribution is -2.33. The van der Waals surface area contributed by atoms with Gasteiger partial charge < -0.3 is 9.84 Å². The van der Waals surface area contributed by atoms with Crippen molar-refractivity contribution in [2.45, 2.75) is 39.2 Å². The van der Waals surface area contributed by atoms with E-state index in [2.05, 4.69) is 33.3 Å². The van der Waals surface area contributed by atoms with Gasteiger partial charge in [-0.2, -0.15) is 4.98 Å². The van der Waals surface area contributed by atoms with Gasteiger partial charge in [-0.3, -0.25) is 9.69 Å². The van der Waals surface area contributed by atoms with Crippen molar-refractivity contribution < 1.29 is 9.32 Å². The molecular weight excluding hydrogens is 292 g/mol. The molecule has 1 amide bonds. The second-order valence-electron chi connectivity index (χ2n) is 5.90. The number of aromatic nitrogens is 2. The Morgan fingerprint density at radius 3 is 3.09 bits per heavy atom. The maximum absolute atomic E-state index is 12.3. The topological polar surface area (TPSA) is 71.3 Å². The molecule has 0 bridgehead atoms. The third kappa shape index (κ3) is 3.76. The molecule has 1 aromatic carbocycles. The van der Waals surface area contributed by atoms with Gasteiger partial charge in [-0.25, -0.2) is 0 Å². The van der Waals surface area contributed by atoms with Crippen LogP contribution in [0.2, 0.25) is 0 Å². The predicted molar refractivity (Wildman–Crippen MR) is 87.0 cm³/mol. The molecule has 1 aliphatic heterocycles. The van der Waals surface area contributed by atoms with Gasteiger partial charge >= 0.3 is 0 Å². The molecule has 3 rings (SSSR count). The number of anilines is 1. The molecule has 1 aromatic heterocycles. The summed E-state index contributed by atoms with van der Waals surface area (Å²) in [5.41, 5.74) is 2.06. The predicted octanol–water partition coefficient (Wildman–Crippen LogP) is 2.72. The van der Waals surface area contributed by atoms with E-state index < -0.39 is 0 Å². The molecule has 0 spiro atoms. The van der Waals surface area contributed by atoms with Crippen molar-refractivity contribution in [3.05, 3.63) is 41.5 Å². The second kappa shape index (κ2) is 6.91. The third-order valence-corrected chi connectivity index (χ3v) is 4.17. The van der Waals surface area contributed by atoms with E-state index in [1.54, 1.807) is 6.92 Å². The third-order valence-electron chi connectivity index (χ3n) is 4.17. The number of carbonyl (C=O) groups is 1. The fraction of sp³-hybridized carbons (Fsp3) is 0.471. The summed E-state index contributed by atoms with van der Waals surface area (Å²) in [5.74, 6) is 1.24. The highest BCUT2D eigenvalue weighted by molar-refractivity contribution is 5.92. The Morgan fingerprint density at radius 1 is 1.48 bits per heavy atom. The van der Waals surface area contributed by atoms with Gasteiger partial charge in [0.25, 0.3) is 0 Å². The second-order valence-corrected chi connectivity index (χ2v) is 5.90. The van der Waals surface area contributed by atoms with Crippen LogP contribution in [0.3, 0.4) is 0 Å². The lowest BCUT2D eigenvalue weighted by atomic mass is 10.1. The first kappa shape index (κ1) is 15.7. The molecule has 0 aliphatic carbocycles. The molecule has 1 aliphatic rings. The van der Waals surface area contributed by atoms with Crippen LogP contribution in [0.1, 0.15) is 43.1 Å². The Hall–Kier alpha value is -2.21. The number of hydrogen-bond donors (Lipinski definition) is 1. The first-order chi connectivity index (χ1) is 11.2. The maximum atomic E-state index is 12.3. The van der Waals surface area contributed by atoms with Gasteiger partial charge in [-0.05, 0) is 43.5 Å². The number of carbonyl (C=O) groups excluding carboxylic acids is 1. The van der Waals surface area contributed by atoms with Gasteiger partial charge in [0.05, 0.1) is 12.6 Å². The van der Waals surface area contributed by atoms with Crippen molar-refractivity contribution in [1.29, 1.82) is 0 Å². The van der Waals surface area contributed by atoms with Crippen molar-refractivity contribution in [2.75, 3.05) is 18.4 Å². The molecule has 6 heteroatoms. The van der Waals surface area contributed by atoms with E-state index in [1.165, 1.54) is 5.56 Å². The summed E-state index contributed by atoms with van der Waals surface area (Å²) in [6.07, 6.45) is 2.95. The van der Waals surface area contributed by atoms with E-state index in [0.29, 0.717) is 18.3 Å². The van der Waals surface area contributed by atoms with Crippen LogP contribution in [-0.4, -0.2) is 34.0 Å². The first-order valence-corrected chi connectivity index (χ1v) is 8.08. The summed E-state index contributed by atoms with van der Waals surface area (Å²) >= 11 is 0. The molecule has 0 saturated carbocycles. The van der Waals surface area contributed by atoms with Crippen molar-refractivity contribution in [3.8, 4) is 0 Å². The monoisotopic (exact) mass is 314 g/mol. The molecule has 1 N–H and O–H groups in total. The number of amides is 1. The molecule has 0 radical (unpaired) electrons. The standard InChI is InChI=1S/C17H22N4O2/c1-3-13-6-4-7-14(10-13)19-16(22)11-21-9-5-8-15(21)17-18-12(2)23-20-17/h4,6-7,10,15H,3,5,8-9,11H2,1-2H3,(H,19,22). The summed E-state index contributed by atoms with van der Waals surface area (Å²) < 4.78 is 5.06. The van der Waals surface area contributed by atoms with Crippen molar-refractivity contribution in [3.63, 3.8) is 0 Å². The zero-order valence-electron chi connectivity index (χ0n) is 13.6. The van der Waals surface area contributed by atoms with E-state index in [-0.39, 0.29) is 11.9 Å². The smallest absolute Gasteiger partial charge is 0.238 e. The van der Waals surface area contributed by atoms with E-state index in [0.717, 1.165) is 31.5 Å². The number of nitrogens with one attached hydrogen (secondary N) is 1. The molecule has 1 atom stereocenters. The molecule has 1 fully saturated rings. The highest BCUT2D eigenvalue weighted by Gasteiger charge is 2.30. The summed E-state index contributed by atoms with van der Waals surface area (Å²) in [6.45, 7) is 5.10. The van der Waals surface area contributed by atoms with Crippen molar-refractivity contribution >= 4 is 11.6 Å². The minimum absolute atomic E-state index is 0.00892. The molecular formula is C17H22N4O2. The highest BCUT2D eigenvalue weighted by Crippen LogP contribution is 2.29. The van der Waals surface area contributed by atoms with E-state index in [4.69, 9.17) is 4.52 Å². The number of rotatable bonds is 5. The van der Waals surface area contributed by atoms with Crippen LogP contribution < -0.4 is 5.32 Å². The van der Waals surface area contributed by atoms with E-state index in [1.807, 2.05) is 18.2 Å². The van der Waals surface area contributed by atoms with Gasteiger partial charge in [0, 0.05) is 12.6 Å². The Bertz CT molecular complexity index is 683. The van der Waals surface area contributed by atoms with E-state index >= 15 is 0 Å². The van der Waals surface area contributed by atoms with Crippen LogP contribution in [0.25, 0.3) is 0 Å². The van der Waals surface area contributed by atoms with E-state index in [9.17, 15) is 4.79 Å². The Morgan fingerprint density at radius 2 is 2.35 bits per heavy atom. The lowest BCUT2D eigenvalue weighted by molar-refractivity contribution is -0.117. The average molecular weight is 314 g/mol. The molecule has 2 aromatic rings. The quantitative estimate of drug-likeness (QED) is 0.919. The summed E-state index contributed by atoms with van der Waals surface area (Å²) in [7, 11) is 0. The SMILES string of the molecule is CCc1cccc(NC(=O)CN2CCCC2c2noc(C)n2)c1. The zero-order chi connectivity index (χ0) is 16.2. The normalized spacial score (nSPS) is 18.3. The minimum atomic E-state index is -0.00892. The Kier molecular flexibility index (Phi) is 4.71. The molecule has 122 valence electrons. The molecule has 23 heavy (non-hydrogen) atoms. The van der Waals surface area contributed by atoms with Gasteiger partial charge in [0.1, 0.15) is 0 Å². The van der Waals surface area contributed by atoms with Crippen molar-refractivity contribution in [1.82, 2.24) is 15.0 Å². The number of hydrogen-bond acceptors (Lipinski definition) is 5. The average Bonchev–Trinajstić information content (AvgIpc) is 3.16. The maximum Gasteiger partial charge on any atom is 0.238 e. The molecule has 2 heterocycles. The van der Waals surface area contributed by atoms with Crippen LogP contribution >= 0.6 is 0 Å². The fourth-order valence-electron chi connectivity index (χ4n) is 3.01. The largest absolute Gasteiger partial charge is 0.340 e. The highest BCUT2D eigenvalue weighted by atomic mass is 16.5. The first-order valence-electron chi connectivity index (χ1n) is 8.08. The number of aryl methyl sites for hydroxylation is 2. The molecule has 1 unspecified atom stereocenters. The van der Waals surface area contributed by atoms with Crippen LogP contribution in [0.5, 0.6) is 0 Å². The summed E-state index contributed by atoms with van der Waals surface area (Å²) in [5, 5.41) is 6.98. The van der Waals surface area contributed by atoms with Gasteiger partial charge in [-0.1, -0.05) is 24.2 Å². The van der Waals surface area contributed by atoms with Crippen molar-refractivity contribution in [2.24, 2.45) is 0 Å². The summed E-state index contributed by atoms with van der Waals surface area (Å²) in [6, 6.07) is 8.03. The zero-order valence-corrected chi connectivity index (χ0v) is 13.6. The van der Waals surface area contributed by atoms with Crippen LogP contribution in [0.15, 0.2) is 28.8 Å². The number of nitrogens with zero attached hydrogens (tertiary/aromatic N) is 3. The minimum Gasteiger partial charge on any atom is -0.340 e. The van der Waals surface area contributed by atoms with Gasteiger partial charge in [0.2, 0.25) is 11.8 Å². The van der Waals surface area contributed by atoms with Crippen LogP contribution in [0, 0.1) is 6.92 Å². The number of likely N-dealkylation sites (tertiary alicyclic amines) is 1. The van der Waals surface area contributed by atoms with Crippen LogP contribution in [0.4, 0.5) is 5.69 Å². The van der Waals surface area contributed by atoms with Gasteiger partial charge in [0.15, 0.2) is 5.82 Å². The fourth-order valence-corrected chi connectivity index (χ4v) is 3.01. The molecule has 6 nitrogen and oxygen atoms in total.